The molecule has 1 fully saturated rings. The molecular weight excluding hydrogens is 326 g/mol. The van der Waals surface area contributed by atoms with Gasteiger partial charge in [-0.3, -0.25) is 8.37 Å². The van der Waals surface area contributed by atoms with Gasteiger partial charge in [0.05, 0.1) is 6.61 Å². The molecule has 0 amide bonds. The summed E-state index contributed by atoms with van der Waals surface area (Å²) in [6, 6.07) is 0. The second-order valence-electron chi connectivity index (χ2n) is 3.55. The summed E-state index contributed by atoms with van der Waals surface area (Å²) in [5, 5.41) is -1.42. The van der Waals surface area contributed by atoms with Crippen molar-refractivity contribution in [2.75, 3.05) is 18.3 Å². The van der Waals surface area contributed by atoms with Crippen LogP contribution >= 0.6 is 0 Å². The second kappa shape index (κ2) is 6.56. The molecule has 1 saturated heterocycles. The van der Waals surface area contributed by atoms with Crippen LogP contribution in [0, 0.1) is 0 Å². The minimum Gasteiger partial charge on any atom is -0.463 e. The lowest BCUT2D eigenvalue weighted by Gasteiger charge is -2.11. The molecule has 0 saturated carbocycles. The van der Waals surface area contributed by atoms with E-state index in [9.17, 15) is 30.4 Å². The van der Waals surface area contributed by atoms with E-state index < -0.39 is 56.7 Å². The lowest BCUT2D eigenvalue weighted by molar-refractivity contribution is -0.152. The van der Waals surface area contributed by atoms with Gasteiger partial charge in [-0.2, -0.15) is 25.6 Å². The van der Waals surface area contributed by atoms with Gasteiger partial charge >= 0.3 is 5.97 Å². The third-order valence-corrected chi connectivity index (χ3v) is 5.20. The largest absolute Gasteiger partial charge is 0.463 e. The standard InChI is InChI=1S/C8H10F2O8S2/c9-7(10)2-1-3-16-8(11)6-4-17-19(12,13)5-20(14,15)18-6/h2,6H,1,3-5H2. The van der Waals surface area contributed by atoms with E-state index in [2.05, 4.69) is 13.1 Å². The zero-order chi connectivity index (χ0) is 15.4. The van der Waals surface area contributed by atoms with Crippen LogP contribution in [-0.2, 0) is 38.1 Å². The topological polar surface area (TPSA) is 113 Å². The maximum atomic E-state index is 11.7. The molecule has 1 aliphatic rings. The van der Waals surface area contributed by atoms with Crippen molar-refractivity contribution in [2.45, 2.75) is 12.5 Å². The Kier molecular flexibility index (Phi) is 5.56. The van der Waals surface area contributed by atoms with E-state index in [1.807, 2.05) is 0 Å². The fourth-order valence-corrected chi connectivity index (χ4v) is 3.86. The molecule has 1 rings (SSSR count). The zero-order valence-electron chi connectivity index (χ0n) is 9.82. The number of carbonyl (C=O) groups excluding carboxylic acids is 1. The quantitative estimate of drug-likeness (QED) is 0.392. The Morgan fingerprint density at radius 3 is 2.50 bits per heavy atom. The van der Waals surface area contributed by atoms with Crippen LogP contribution < -0.4 is 0 Å². The molecule has 0 aromatic heterocycles. The fraction of sp³-hybridized carbons (Fsp3) is 0.625. The van der Waals surface area contributed by atoms with Crippen LogP contribution in [0.2, 0.25) is 0 Å². The average molecular weight is 336 g/mol. The number of carbonyl (C=O) groups is 1. The van der Waals surface area contributed by atoms with E-state index in [4.69, 9.17) is 0 Å². The minimum absolute atomic E-state index is 0.285. The molecule has 20 heavy (non-hydrogen) atoms. The number of hydrogen-bond donors (Lipinski definition) is 0. The number of rotatable bonds is 4. The van der Waals surface area contributed by atoms with Crippen molar-refractivity contribution in [3.63, 3.8) is 0 Å². The van der Waals surface area contributed by atoms with Crippen molar-refractivity contribution >= 4 is 26.2 Å². The van der Waals surface area contributed by atoms with Gasteiger partial charge in [-0.1, -0.05) is 0 Å². The molecule has 0 aliphatic carbocycles. The summed E-state index contributed by atoms with van der Waals surface area (Å²) < 4.78 is 81.0. The minimum atomic E-state index is -4.51. The lowest BCUT2D eigenvalue weighted by Crippen LogP contribution is -2.31. The summed E-state index contributed by atoms with van der Waals surface area (Å²) in [5.41, 5.74) is 0. The van der Waals surface area contributed by atoms with Crippen LogP contribution in [0.15, 0.2) is 12.2 Å². The Balaban J connectivity index is 2.62. The highest BCUT2D eigenvalue weighted by Gasteiger charge is 2.37. The van der Waals surface area contributed by atoms with Crippen molar-refractivity contribution in [1.82, 2.24) is 0 Å². The summed E-state index contributed by atoms with van der Waals surface area (Å²) in [7, 11) is -8.87. The van der Waals surface area contributed by atoms with Gasteiger partial charge in [0.15, 0.2) is 6.10 Å². The fourth-order valence-electron chi connectivity index (χ4n) is 1.14. The van der Waals surface area contributed by atoms with Crippen molar-refractivity contribution in [3.05, 3.63) is 12.2 Å². The van der Waals surface area contributed by atoms with E-state index in [1.54, 1.807) is 0 Å². The highest BCUT2D eigenvalue weighted by molar-refractivity contribution is 8.03. The molecule has 0 aromatic carbocycles. The molecule has 0 radical (unpaired) electrons. The van der Waals surface area contributed by atoms with Gasteiger partial charge < -0.3 is 4.74 Å². The molecule has 0 bridgehead atoms. The molecule has 0 aromatic rings. The Labute approximate surface area is 113 Å². The molecular formula is C8H10F2O8S2. The molecule has 1 unspecified atom stereocenters. The van der Waals surface area contributed by atoms with Crippen LogP contribution in [0.5, 0.6) is 0 Å². The number of ether oxygens (including phenoxy) is 1. The summed E-state index contributed by atoms with van der Waals surface area (Å²) in [6.07, 6.45) is -3.54. The highest BCUT2D eigenvalue weighted by Crippen LogP contribution is 2.14. The molecule has 1 aliphatic heterocycles. The average Bonchev–Trinajstić information content (AvgIpc) is 2.38. The zero-order valence-corrected chi connectivity index (χ0v) is 11.5. The predicted molar refractivity (Wildman–Crippen MR) is 59.4 cm³/mol. The van der Waals surface area contributed by atoms with E-state index >= 15 is 0 Å². The van der Waals surface area contributed by atoms with Gasteiger partial charge in [-0.25, -0.2) is 4.79 Å². The van der Waals surface area contributed by atoms with Crippen molar-refractivity contribution in [3.8, 4) is 0 Å². The number of hydrogen-bond acceptors (Lipinski definition) is 8. The van der Waals surface area contributed by atoms with Gasteiger partial charge in [-0.05, 0) is 6.08 Å². The van der Waals surface area contributed by atoms with Gasteiger partial charge in [0.2, 0.25) is 5.08 Å². The van der Waals surface area contributed by atoms with Gasteiger partial charge in [-0.15, -0.1) is 0 Å². The molecule has 0 spiro atoms. The van der Waals surface area contributed by atoms with Crippen molar-refractivity contribution < 1.29 is 43.5 Å². The van der Waals surface area contributed by atoms with Crippen LogP contribution in [0.1, 0.15) is 6.42 Å². The van der Waals surface area contributed by atoms with Crippen LogP contribution in [-0.4, -0.2) is 47.2 Å². The lowest BCUT2D eigenvalue weighted by atomic mass is 10.4. The second-order valence-corrected chi connectivity index (χ2v) is 7.15. The van der Waals surface area contributed by atoms with Crippen LogP contribution in [0.3, 0.4) is 0 Å². The number of esters is 1. The summed E-state index contributed by atoms with van der Waals surface area (Å²) >= 11 is 0. The first-order chi connectivity index (χ1) is 9.11. The molecule has 1 atom stereocenters. The normalized spacial score (nSPS) is 24.4. The Bertz CT molecular complexity index is 590. The first-order valence-electron chi connectivity index (χ1n) is 5.07. The van der Waals surface area contributed by atoms with E-state index in [0.717, 1.165) is 0 Å². The maximum absolute atomic E-state index is 11.7. The molecule has 12 heteroatoms. The maximum Gasteiger partial charge on any atom is 0.339 e. The van der Waals surface area contributed by atoms with Gasteiger partial charge in [0, 0.05) is 6.42 Å². The van der Waals surface area contributed by atoms with Gasteiger partial charge in [0.1, 0.15) is 6.61 Å². The predicted octanol–water partition coefficient (Wildman–Crippen LogP) is -0.267. The smallest absolute Gasteiger partial charge is 0.339 e. The summed E-state index contributed by atoms with van der Waals surface area (Å²) in [6.45, 7) is -1.31. The molecule has 8 nitrogen and oxygen atoms in total. The molecule has 1 heterocycles. The first-order valence-corrected chi connectivity index (χ1v) is 8.23. The first kappa shape index (κ1) is 16.9. The van der Waals surface area contributed by atoms with Crippen molar-refractivity contribution in [2.24, 2.45) is 0 Å². The van der Waals surface area contributed by atoms with E-state index in [-0.39, 0.29) is 6.42 Å². The SMILES string of the molecule is O=C(OCCC=C(F)F)C1COS(=O)(=O)CS(=O)(=O)O1. The number of halogens is 2. The Morgan fingerprint density at radius 1 is 1.25 bits per heavy atom. The Hall–Kier alpha value is -1.11. The van der Waals surface area contributed by atoms with Gasteiger partial charge in [0.25, 0.3) is 26.3 Å². The molecule has 116 valence electrons. The third kappa shape index (κ3) is 5.90. The molecule has 0 N–H and O–H groups in total. The monoisotopic (exact) mass is 336 g/mol. The summed E-state index contributed by atoms with van der Waals surface area (Å²) in [5.74, 6) is -1.22. The summed E-state index contributed by atoms with van der Waals surface area (Å²) in [4.78, 5) is 11.4. The van der Waals surface area contributed by atoms with E-state index in [1.165, 1.54) is 0 Å². The third-order valence-electron chi connectivity index (χ3n) is 1.87. The van der Waals surface area contributed by atoms with Crippen molar-refractivity contribution in [1.29, 1.82) is 0 Å². The highest BCUT2D eigenvalue weighted by atomic mass is 32.3. The van der Waals surface area contributed by atoms with Crippen LogP contribution in [0.25, 0.3) is 0 Å². The Morgan fingerprint density at radius 2 is 1.90 bits per heavy atom. The van der Waals surface area contributed by atoms with E-state index in [0.29, 0.717) is 6.08 Å². The van der Waals surface area contributed by atoms with Crippen LogP contribution in [0.4, 0.5) is 8.78 Å².